The lowest BCUT2D eigenvalue weighted by molar-refractivity contribution is 2.61. The average molecular weight is 87.2 g/mol. The average Bonchev–Trinajstić information content (AvgIpc) is 1.37. The van der Waals surface area contributed by atoms with E-state index in [-0.39, 0.29) is 9.04 Å². The molecule has 0 N–H and O–H groups in total. The largest absolute Gasteiger partial charge is 0.112 e. The van der Waals surface area contributed by atoms with Crippen LogP contribution in [0.2, 0.25) is 0 Å². The minimum atomic E-state index is 0.216. The molecule has 0 aliphatic heterocycles. The predicted octanol–water partition coefficient (Wildman–Crippen LogP) is -1.15. The minimum Gasteiger partial charge on any atom is -0.112 e. The minimum absolute atomic E-state index is 0.216. The standard InChI is InChI=1S/C2H7Si2/c1-2-4-3/h2H,1,3-4H2. The molecule has 0 spiro atoms. The molecular weight excluding hydrogens is 80.2 g/mol. The third-order valence-corrected chi connectivity index (χ3v) is 1.84. The second kappa shape index (κ2) is 3.17. The van der Waals surface area contributed by atoms with Gasteiger partial charge in [-0.3, -0.25) is 0 Å². The summed E-state index contributed by atoms with van der Waals surface area (Å²) in [5, 5.41) is 0. The van der Waals surface area contributed by atoms with Crippen molar-refractivity contribution in [2.24, 2.45) is 0 Å². The van der Waals surface area contributed by atoms with Crippen molar-refractivity contribution < 1.29 is 0 Å². The summed E-state index contributed by atoms with van der Waals surface area (Å²) >= 11 is 0. The maximum Gasteiger partial charge on any atom is 0.0290 e. The van der Waals surface area contributed by atoms with Crippen LogP contribution in [-0.2, 0) is 0 Å². The molecule has 0 nitrogen and oxygen atoms in total. The summed E-state index contributed by atoms with van der Waals surface area (Å²) in [7, 11) is 2.26. The first-order chi connectivity index (χ1) is 1.91. The topological polar surface area (TPSA) is 0 Å². The van der Waals surface area contributed by atoms with E-state index in [1.807, 2.05) is 15.5 Å². The van der Waals surface area contributed by atoms with Gasteiger partial charge in [0.2, 0.25) is 0 Å². The van der Waals surface area contributed by atoms with Crippen LogP contribution in [0, 0.1) is 0 Å². The van der Waals surface area contributed by atoms with E-state index < -0.39 is 0 Å². The van der Waals surface area contributed by atoms with E-state index in [0.29, 0.717) is 0 Å². The van der Waals surface area contributed by atoms with Crippen molar-refractivity contribution in [1.29, 1.82) is 0 Å². The lowest BCUT2D eigenvalue weighted by atomic mass is 11.3. The molecule has 0 fully saturated rings. The van der Waals surface area contributed by atoms with Crippen molar-refractivity contribution in [1.82, 2.24) is 0 Å². The fraction of sp³-hybridized carbons (Fsp3) is 0. The van der Waals surface area contributed by atoms with Crippen LogP contribution in [0.15, 0.2) is 12.3 Å². The zero-order valence-electron chi connectivity index (χ0n) is 2.70. The molecule has 0 saturated carbocycles. The van der Waals surface area contributed by atoms with Gasteiger partial charge in [-0.05, 0) is 9.76 Å². The lowest BCUT2D eigenvalue weighted by Crippen LogP contribution is -1.73. The second-order valence-electron chi connectivity index (χ2n) is 0.577. The molecule has 0 aliphatic carbocycles. The number of hydrogen-bond donors (Lipinski definition) is 0. The van der Waals surface area contributed by atoms with Crippen LogP contribution in [0.5, 0.6) is 0 Å². The molecule has 0 atom stereocenters. The van der Waals surface area contributed by atoms with Gasteiger partial charge in [0, 0.05) is 9.04 Å². The predicted molar refractivity (Wildman–Crippen MR) is 27.3 cm³/mol. The van der Waals surface area contributed by atoms with Crippen molar-refractivity contribution in [3.05, 3.63) is 12.3 Å². The highest BCUT2D eigenvalue weighted by molar-refractivity contribution is 6.92. The molecule has 0 unspecified atom stereocenters. The first-order valence-corrected chi connectivity index (χ1v) is 6.13. The third-order valence-electron chi connectivity index (χ3n) is 0.204. The fourth-order valence-electron chi connectivity index (χ4n) is 0. The monoisotopic (exact) mass is 87.0 g/mol. The van der Waals surface area contributed by atoms with Crippen molar-refractivity contribution in [2.75, 3.05) is 0 Å². The smallest absolute Gasteiger partial charge is 0.0290 e. The lowest BCUT2D eigenvalue weighted by Gasteiger charge is -1.54. The summed E-state index contributed by atoms with van der Waals surface area (Å²) in [4.78, 5) is 0. The van der Waals surface area contributed by atoms with Gasteiger partial charge in [0.1, 0.15) is 0 Å². The zero-order chi connectivity index (χ0) is 3.41. The van der Waals surface area contributed by atoms with Crippen molar-refractivity contribution in [2.45, 2.75) is 0 Å². The van der Waals surface area contributed by atoms with Gasteiger partial charge in [0.15, 0.2) is 0 Å². The maximum atomic E-state index is 3.55. The van der Waals surface area contributed by atoms with E-state index in [4.69, 9.17) is 0 Å². The van der Waals surface area contributed by atoms with Crippen LogP contribution in [0.4, 0.5) is 0 Å². The Morgan fingerprint density at radius 1 is 2.00 bits per heavy atom. The zero-order valence-corrected chi connectivity index (χ0v) is 5.53. The molecule has 0 amide bonds. The summed E-state index contributed by atoms with van der Waals surface area (Å²) < 4.78 is 0. The molecule has 0 aromatic carbocycles. The van der Waals surface area contributed by atoms with Crippen LogP contribution in [-0.4, -0.2) is 18.8 Å². The Kier molecular flexibility index (Phi) is 3.31. The van der Waals surface area contributed by atoms with Crippen LogP contribution >= 0.6 is 0 Å². The summed E-state index contributed by atoms with van der Waals surface area (Å²) in [6.45, 7) is 3.55. The van der Waals surface area contributed by atoms with Crippen LogP contribution in [0.25, 0.3) is 0 Å². The third kappa shape index (κ3) is 2.17. The van der Waals surface area contributed by atoms with E-state index in [1.54, 1.807) is 0 Å². The molecule has 1 radical (unpaired) electrons. The Morgan fingerprint density at radius 2 is 2.25 bits per heavy atom. The Balaban J connectivity index is 2.30. The van der Waals surface area contributed by atoms with Gasteiger partial charge in [-0.25, -0.2) is 0 Å². The van der Waals surface area contributed by atoms with E-state index in [1.165, 1.54) is 0 Å². The molecule has 0 heterocycles. The van der Waals surface area contributed by atoms with Crippen LogP contribution in [0.3, 0.4) is 0 Å². The molecule has 0 rings (SSSR count). The molecule has 0 aromatic heterocycles. The van der Waals surface area contributed by atoms with E-state index in [9.17, 15) is 0 Å². The van der Waals surface area contributed by atoms with Crippen molar-refractivity contribution >= 4 is 18.8 Å². The molecule has 23 valence electrons. The van der Waals surface area contributed by atoms with Gasteiger partial charge in [0.25, 0.3) is 0 Å². The number of hydrogen-bond acceptors (Lipinski definition) is 0. The SMILES string of the molecule is C=C[SiH2][SiH2]. The summed E-state index contributed by atoms with van der Waals surface area (Å²) in [6.07, 6.45) is 0. The van der Waals surface area contributed by atoms with Crippen LogP contribution in [0.1, 0.15) is 0 Å². The molecule has 0 bridgehead atoms. The van der Waals surface area contributed by atoms with Gasteiger partial charge in [-0.1, -0.05) is 0 Å². The number of rotatable bonds is 1. The van der Waals surface area contributed by atoms with Gasteiger partial charge < -0.3 is 0 Å². The molecule has 0 aromatic rings. The highest BCUT2D eigenvalue weighted by Gasteiger charge is 1.48. The molecule has 2 heteroatoms. The van der Waals surface area contributed by atoms with Crippen molar-refractivity contribution in [3.8, 4) is 0 Å². The van der Waals surface area contributed by atoms with Gasteiger partial charge in [-0.2, -0.15) is 0 Å². The highest BCUT2D eigenvalue weighted by atomic mass is 29.1. The molecule has 0 aliphatic rings. The van der Waals surface area contributed by atoms with E-state index in [0.717, 1.165) is 0 Å². The Labute approximate surface area is 31.9 Å². The normalized spacial score (nSPS) is 9.25. The highest BCUT2D eigenvalue weighted by Crippen LogP contribution is 1.39. The van der Waals surface area contributed by atoms with Gasteiger partial charge in [-0.15, -0.1) is 12.3 Å². The summed E-state index contributed by atoms with van der Waals surface area (Å²) in [6, 6.07) is 0. The van der Waals surface area contributed by atoms with Crippen LogP contribution < -0.4 is 0 Å². The van der Waals surface area contributed by atoms with Gasteiger partial charge >= 0.3 is 0 Å². The molecule has 4 heavy (non-hydrogen) atoms. The Bertz CT molecular complexity index is 18.0. The Morgan fingerprint density at radius 3 is 2.25 bits per heavy atom. The summed E-state index contributed by atoms with van der Waals surface area (Å²) in [5.41, 5.74) is 2.03. The maximum absolute atomic E-state index is 3.55. The first kappa shape index (κ1) is 4.17. The first-order valence-electron chi connectivity index (χ1n) is 1.32. The fourth-order valence-corrected chi connectivity index (χ4v) is 0. The van der Waals surface area contributed by atoms with Gasteiger partial charge in [0.05, 0.1) is 0 Å². The second-order valence-corrected chi connectivity index (χ2v) is 3.46. The van der Waals surface area contributed by atoms with Crippen molar-refractivity contribution in [3.63, 3.8) is 0 Å². The molecular formula is C2H7Si2. The van der Waals surface area contributed by atoms with E-state index in [2.05, 4.69) is 6.58 Å². The Hall–Kier alpha value is 0.174. The quantitative estimate of drug-likeness (QED) is 0.354. The summed E-state index contributed by atoms with van der Waals surface area (Å²) in [5.74, 6) is 0. The van der Waals surface area contributed by atoms with E-state index >= 15 is 0 Å². The molecule has 0 saturated heterocycles.